The lowest BCUT2D eigenvalue weighted by atomic mass is 9.91. The maximum atomic E-state index is 12.5. The maximum absolute atomic E-state index is 12.5. The molecule has 164 valence electrons. The van der Waals surface area contributed by atoms with Crippen molar-refractivity contribution in [3.63, 3.8) is 0 Å². The van der Waals surface area contributed by atoms with Crippen molar-refractivity contribution in [1.82, 2.24) is 20.6 Å². The molecule has 0 atom stereocenters. The van der Waals surface area contributed by atoms with Gasteiger partial charge in [-0.1, -0.05) is 12.1 Å². The van der Waals surface area contributed by atoms with Crippen molar-refractivity contribution < 1.29 is 9.59 Å². The molecule has 0 spiro atoms. The molecular weight excluding hydrogens is 404 g/mol. The molecule has 1 aliphatic rings. The molecule has 2 aromatic carbocycles. The second-order valence-electron chi connectivity index (χ2n) is 8.23. The van der Waals surface area contributed by atoms with Crippen molar-refractivity contribution in [3.8, 4) is 0 Å². The minimum atomic E-state index is -0.201. The molecule has 0 unspecified atom stereocenters. The van der Waals surface area contributed by atoms with Crippen LogP contribution in [0.3, 0.4) is 0 Å². The zero-order valence-electron chi connectivity index (χ0n) is 17.6. The molecule has 8 heteroatoms. The predicted molar refractivity (Wildman–Crippen MR) is 127 cm³/mol. The summed E-state index contributed by atoms with van der Waals surface area (Å²) in [6, 6.07) is 15.2. The van der Waals surface area contributed by atoms with Crippen LogP contribution in [0.2, 0.25) is 0 Å². The Balaban J connectivity index is 1.09. The van der Waals surface area contributed by atoms with Gasteiger partial charge in [0.2, 0.25) is 0 Å². The lowest BCUT2D eigenvalue weighted by molar-refractivity contribution is 0.233. The van der Waals surface area contributed by atoms with Crippen LogP contribution in [0.4, 0.5) is 21.0 Å². The molecule has 0 aliphatic heterocycles. The molecule has 2 aromatic heterocycles. The number of carbonyl (C=O) groups excluding carboxylic acids is 2. The Labute approximate surface area is 185 Å². The molecular formula is C24H26N6O2. The van der Waals surface area contributed by atoms with E-state index in [1.807, 2.05) is 60.9 Å². The molecule has 1 aliphatic carbocycles. The number of fused-ring (bicyclic) bond motifs is 2. The van der Waals surface area contributed by atoms with Gasteiger partial charge >= 0.3 is 12.1 Å². The van der Waals surface area contributed by atoms with E-state index in [2.05, 4.69) is 31.2 Å². The number of nitrogens with one attached hydrogen (secondary N) is 6. The number of carbonyl (C=O) groups is 2. The summed E-state index contributed by atoms with van der Waals surface area (Å²) in [5.74, 6) is 0. The van der Waals surface area contributed by atoms with Crippen molar-refractivity contribution in [3.05, 3.63) is 60.9 Å². The van der Waals surface area contributed by atoms with E-state index < -0.39 is 0 Å². The summed E-state index contributed by atoms with van der Waals surface area (Å²) in [5.41, 5.74) is 3.54. The molecule has 0 bridgehead atoms. The van der Waals surface area contributed by atoms with Gasteiger partial charge < -0.3 is 31.2 Å². The Morgan fingerprint density at radius 2 is 1.09 bits per heavy atom. The highest BCUT2D eigenvalue weighted by molar-refractivity contribution is 6.01. The molecule has 5 rings (SSSR count). The number of urea groups is 2. The van der Waals surface area contributed by atoms with E-state index in [0.29, 0.717) is 0 Å². The van der Waals surface area contributed by atoms with Crippen LogP contribution >= 0.6 is 0 Å². The van der Waals surface area contributed by atoms with Gasteiger partial charge in [0.1, 0.15) is 0 Å². The second-order valence-corrected chi connectivity index (χ2v) is 8.23. The Morgan fingerprint density at radius 3 is 1.53 bits per heavy atom. The average molecular weight is 431 g/mol. The van der Waals surface area contributed by atoms with Crippen molar-refractivity contribution in [2.24, 2.45) is 0 Å². The zero-order chi connectivity index (χ0) is 21.9. The van der Waals surface area contributed by atoms with Gasteiger partial charge in [-0.15, -0.1) is 0 Å². The monoisotopic (exact) mass is 430 g/mol. The van der Waals surface area contributed by atoms with Gasteiger partial charge in [0, 0.05) is 46.3 Å². The number of H-pyrrole nitrogens is 2. The van der Waals surface area contributed by atoms with E-state index in [-0.39, 0.29) is 24.1 Å². The largest absolute Gasteiger partial charge is 0.361 e. The number of benzene rings is 2. The summed E-state index contributed by atoms with van der Waals surface area (Å²) in [7, 11) is 0. The first-order valence-electron chi connectivity index (χ1n) is 10.9. The summed E-state index contributed by atoms with van der Waals surface area (Å²) < 4.78 is 0. The molecule has 1 saturated carbocycles. The Hall–Kier alpha value is -3.94. The van der Waals surface area contributed by atoms with Crippen LogP contribution < -0.4 is 21.3 Å². The molecule has 1 fully saturated rings. The first-order valence-corrected chi connectivity index (χ1v) is 10.9. The zero-order valence-corrected chi connectivity index (χ0v) is 17.6. The molecule has 2 heterocycles. The van der Waals surface area contributed by atoms with Gasteiger partial charge in [-0.05, 0) is 62.1 Å². The first-order chi connectivity index (χ1) is 15.7. The fourth-order valence-corrected chi connectivity index (χ4v) is 4.46. The maximum Gasteiger partial charge on any atom is 0.319 e. The SMILES string of the molecule is O=C(Nc1cccc2[nH]ccc12)NC1CCC(NC(=O)Nc2cccc3[nH]ccc23)CC1. The molecule has 8 nitrogen and oxygen atoms in total. The van der Waals surface area contributed by atoms with Crippen LogP contribution in [-0.4, -0.2) is 34.1 Å². The number of aromatic amines is 2. The van der Waals surface area contributed by atoms with Crippen LogP contribution in [-0.2, 0) is 0 Å². The minimum Gasteiger partial charge on any atom is -0.361 e. The topological polar surface area (TPSA) is 114 Å². The lowest BCUT2D eigenvalue weighted by Gasteiger charge is -2.29. The summed E-state index contributed by atoms with van der Waals surface area (Å²) in [6.45, 7) is 0. The van der Waals surface area contributed by atoms with E-state index in [4.69, 9.17) is 0 Å². The normalized spacial score (nSPS) is 18.4. The van der Waals surface area contributed by atoms with Crippen LogP contribution in [0, 0.1) is 0 Å². The third-order valence-corrected chi connectivity index (χ3v) is 6.08. The smallest absolute Gasteiger partial charge is 0.319 e. The van der Waals surface area contributed by atoms with Crippen LogP contribution in [0.25, 0.3) is 21.8 Å². The van der Waals surface area contributed by atoms with Crippen molar-refractivity contribution in [2.45, 2.75) is 37.8 Å². The fourth-order valence-electron chi connectivity index (χ4n) is 4.46. The Bertz CT molecular complexity index is 1150. The first kappa shape index (κ1) is 20.0. The van der Waals surface area contributed by atoms with Gasteiger partial charge in [-0.25, -0.2) is 9.59 Å². The molecule has 6 N–H and O–H groups in total. The summed E-state index contributed by atoms with van der Waals surface area (Å²) in [5, 5.41) is 14.0. The third kappa shape index (κ3) is 4.25. The summed E-state index contributed by atoms with van der Waals surface area (Å²) in [6.07, 6.45) is 6.99. The van der Waals surface area contributed by atoms with E-state index >= 15 is 0 Å². The second kappa shape index (κ2) is 8.66. The number of rotatable bonds is 4. The van der Waals surface area contributed by atoms with E-state index in [1.54, 1.807) is 0 Å². The lowest BCUT2D eigenvalue weighted by Crippen LogP contribution is -2.45. The third-order valence-electron chi connectivity index (χ3n) is 6.08. The van der Waals surface area contributed by atoms with Gasteiger partial charge in [-0.3, -0.25) is 0 Å². The molecule has 0 saturated heterocycles. The van der Waals surface area contributed by atoms with Gasteiger partial charge in [-0.2, -0.15) is 0 Å². The van der Waals surface area contributed by atoms with E-state index in [0.717, 1.165) is 58.9 Å². The van der Waals surface area contributed by atoms with Crippen molar-refractivity contribution >= 4 is 45.2 Å². The molecule has 0 radical (unpaired) electrons. The van der Waals surface area contributed by atoms with Gasteiger partial charge in [0.25, 0.3) is 0 Å². The van der Waals surface area contributed by atoms with Crippen LogP contribution in [0.15, 0.2) is 60.9 Å². The summed E-state index contributed by atoms with van der Waals surface area (Å²) in [4.78, 5) is 31.2. The number of amides is 4. The molecule has 4 amide bonds. The van der Waals surface area contributed by atoms with E-state index in [1.165, 1.54) is 0 Å². The number of aromatic nitrogens is 2. The fraction of sp³-hybridized carbons (Fsp3) is 0.250. The van der Waals surface area contributed by atoms with Crippen LogP contribution in [0.5, 0.6) is 0 Å². The quantitative estimate of drug-likeness (QED) is 0.276. The van der Waals surface area contributed by atoms with Crippen LogP contribution in [0.1, 0.15) is 25.7 Å². The predicted octanol–water partition coefficient (Wildman–Crippen LogP) is 4.90. The highest BCUT2D eigenvalue weighted by Crippen LogP contribution is 2.24. The highest BCUT2D eigenvalue weighted by atomic mass is 16.2. The van der Waals surface area contributed by atoms with Crippen molar-refractivity contribution in [2.75, 3.05) is 10.6 Å². The highest BCUT2D eigenvalue weighted by Gasteiger charge is 2.24. The Morgan fingerprint density at radius 1 is 0.656 bits per heavy atom. The average Bonchev–Trinajstić information content (AvgIpc) is 3.45. The minimum absolute atomic E-state index is 0.0927. The van der Waals surface area contributed by atoms with Crippen molar-refractivity contribution in [1.29, 1.82) is 0 Å². The number of anilines is 2. The van der Waals surface area contributed by atoms with E-state index in [9.17, 15) is 9.59 Å². The Kier molecular flexibility index (Phi) is 5.41. The summed E-state index contributed by atoms with van der Waals surface area (Å²) >= 11 is 0. The van der Waals surface area contributed by atoms with Gasteiger partial charge in [0.05, 0.1) is 11.4 Å². The van der Waals surface area contributed by atoms with Gasteiger partial charge in [0.15, 0.2) is 0 Å². The number of hydrogen-bond donors (Lipinski definition) is 6. The molecule has 4 aromatic rings. The standard InChI is InChI=1S/C24H26N6O2/c31-23(29-21-5-1-3-19-17(21)11-13-25-19)27-15-7-9-16(10-8-15)28-24(32)30-22-6-2-4-20-18(22)12-14-26-20/h1-6,11-16,25-26H,7-10H2,(H2,27,29,31)(H2,28,30,32). The molecule has 32 heavy (non-hydrogen) atoms. The number of hydrogen-bond acceptors (Lipinski definition) is 2.